The molecule has 150 valence electrons. The van der Waals surface area contributed by atoms with E-state index in [-0.39, 0.29) is 29.2 Å². The molecule has 1 N–H and O–H groups in total. The highest BCUT2D eigenvalue weighted by Gasteiger charge is 2.34. The van der Waals surface area contributed by atoms with Crippen molar-refractivity contribution in [3.63, 3.8) is 0 Å². The number of rotatable bonds is 3. The Balaban J connectivity index is 1.62. The summed E-state index contributed by atoms with van der Waals surface area (Å²) in [5.74, 6) is -0.525. The van der Waals surface area contributed by atoms with Gasteiger partial charge in [0, 0.05) is 30.8 Å². The van der Waals surface area contributed by atoms with Gasteiger partial charge in [-0.25, -0.2) is 14.4 Å². The number of carbonyl (C=O) groups excluding carboxylic acids is 1. The van der Waals surface area contributed by atoms with Crippen LogP contribution in [0.2, 0.25) is 0 Å². The van der Waals surface area contributed by atoms with Crippen LogP contribution in [0, 0.1) is 19.7 Å². The molecule has 1 fully saturated rings. The zero-order valence-electron chi connectivity index (χ0n) is 15.5. The first-order chi connectivity index (χ1) is 13.1. The van der Waals surface area contributed by atoms with Crippen LogP contribution in [0.3, 0.4) is 0 Å². The molecule has 0 atom stereocenters. The molecule has 5 nitrogen and oxygen atoms in total. The molecule has 0 spiro atoms. The average Bonchev–Trinajstić information content (AvgIpc) is 2.63. The third-order valence-corrected chi connectivity index (χ3v) is 4.70. The van der Waals surface area contributed by atoms with Crippen molar-refractivity contribution in [2.75, 3.05) is 18.0 Å². The van der Waals surface area contributed by atoms with E-state index in [1.165, 1.54) is 13.0 Å². The van der Waals surface area contributed by atoms with Crippen molar-refractivity contribution in [3.05, 3.63) is 52.7 Å². The number of anilines is 1. The Morgan fingerprint density at radius 3 is 2.43 bits per heavy atom. The molecule has 0 saturated carbocycles. The molecule has 2 heterocycles. The van der Waals surface area contributed by atoms with Crippen LogP contribution in [0.25, 0.3) is 0 Å². The lowest BCUT2D eigenvalue weighted by Gasteiger charge is -2.33. The number of hydrogen-bond acceptors (Lipinski definition) is 4. The zero-order valence-corrected chi connectivity index (χ0v) is 15.5. The normalized spacial score (nSPS) is 15.6. The van der Waals surface area contributed by atoms with E-state index in [1.54, 1.807) is 24.0 Å². The number of aryl methyl sites for hydroxylation is 2. The van der Waals surface area contributed by atoms with Gasteiger partial charge in [-0.1, -0.05) is 6.07 Å². The van der Waals surface area contributed by atoms with E-state index in [9.17, 15) is 22.4 Å². The standard InChI is InChI=1S/C19H20F4N4O/c1-11-3-4-13(9-15(11)20)18(28)26-14-5-7-27(8-6-14)17-10-16(19(21,22)23)24-12(2)25-17/h3-4,9-10,14H,5-8H2,1-2H3,(H,26,28). The van der Waals surface area contributed by atoms with Crippen LogP contribution >= 0.6 is 0 Å². The van der Waals surface area contributed by atoms with Crippen LogP contribution in [0.15, 0.2) is 24.3 Å². The summed E-state index contributed by atoms with van der Waals surface area (Å²) in [6, 6.07) is 5.11. The van der Waals surface area contributed by atoms with E-state index in [1.807, 2.05) is 0 Å². The topological polar surface area (TPSA) is 58.1 Å². The number of hydrogen-bond donors (Lipinski definition) is 1. The van der Waals surface area contributed by atoms with Gasteiger partial charge in [0.1, 0.15) is 23.2 Å². The lowest BCUT2D eigenvalue weighted by Crippen LogP contribution is -2.45. The maximum atomic E-state index is 13.6. The number of benzene rings is 1. The highest BCUT2D eigenvalue weighted by molar-refractivity contribution is 5.94. The molecule has 0 radical (unpaired) electrons. The zero-order chi connectivity index (χ0) is 20.5. The van der Waals surface area contributed by atoms with Gasteiger partial charge in [-0.3, -0.25) is 4.79 Å². The fourth-order valence-corrected chi connectivity index (χ4v) is 3.11. The van der Waals surface area contributed by atoms with Crippen LogP contribution in [0.1, 0.15) is 40.3 Å². The second kappa shape index (κ2) is 7.73. The van der Waals surface area contributed by atoms with Gasteiger partial charge in [0.2, 0.25) is 0 Å². The summed E-state index contributed by atoms with van der Waals surface area (Å²) in [6.45, 7) is 3.93. The number of nitrogens with one attached hydrogen (secondary N) is 1. The summed E-state index contributed by atoms with van der Waals surface area (Å²) in [4.78, 5) is 21.6. The number of piperidine rings is 1. The highest BCUT2D eigenvalue weighted by Crippen LogP contribution is 2.30. The minimum atomic E-state index is -4.53. The predicted molar refractivity (Wildman–Crippen MR) is 95.6 cm³/mol. The van der Waals surface area contributed by atoms with Gasteiger partial charge in [0.05, 0.1) is 0 Å². The van der Waals surface area contributed by atoms with E-state index >= 15 is 0 Å². The molecule has 1 saturated heterocycles. The number of aromatic nitrogens is 2. The molecule has 1 aromatic heterocycles. The number of halogens is 4. The van der Waals surface area contributed by atoms with Gasteiger partial charge in [-0.15, -0.1) is 0 Å². The monoisotopic (exact) mass is 396 g/mol. The van der Waals surface area contributed by atoms with Crippen molar-refractivity contribution in [2.24, 2.45) is 0 Å². The van der Waals surface area contributed by atoms with Crippen molar-refractivity contribution in [2.45, 2.75) is 38.9 Å². The SMILES string of the molecule is Cc1nc(N2CCC(NC(=O)c3ccc(C)c(F)c3)CC2)cc(C(F)(F)F)n1. The van der Waals surface area contributed by atoms with Crippen molar-refractivity contribution in [1.29, 1.82) is 0 Å². The molecule has 3 rings (SSSR count). The van der Waals surface area contributed by atoms with Gasteiger partial charge in [-0.2, -0.15) is 13.2 Å². The molecule has 0 aliphatic carbocycles. The Morgan fingerprint density at radius 2 is 1.82 bits per heavy atom. The number of carbonyl (C=O) groups is 1. The first-order valence-electron chi connectivity index (χ1n) is 8.88. The predicted octanol–water partition coefficient (Wildman–Crippen LogP) is 3.65. The van der Waals surface area contributed by atoms with E-state index in [0.29, 0.717) is 31.5 Å². The van der Waals surface area contributed by atoms with Crippen LogP contribution in [0.5, 0.6) is 0 Å². The Bertz CT molecular complexity index is 877. The van der Waals surface area contributed by atoms with E-state index in [2.05, 4.69) is 15.3 Å². The summed E-state index contributed by atoms with van der Waals surface area (Å²) < 4.78 is 52.5. The van der Waals surface area contributed by atoms with Crippen LogP contribution in [-0.4, -0.2) is 35.0 Å². The molecular weight excluding hydrogens is 376 g/mol. The number of nitrogens with zero attached hydrogens (tertiary/aromatic N) is 3. The van der Waals surface area contributed by atoms with Gasteiger partial charge in [0.25, 0.3) is 5.91 Å². The molecule has 9 heteroatoms. The maximum absolute atomic E-state index is 13.6. The Hall–Kier alpha value is -2.71. The Morgan fingerprint density at radius 1 is 1.14 bits per heavy atom. The molecule has 2 aromatic rings. The fraction of sp³-hybridized carbons (Fsp3) is 0.421. The molecular formula is C19H20F4N4O. The fourth-order valence-electron chi connectivity index (χ4n) is 3.11. The maximum Gasteiger partial charge on any atom is 0.433 e. The second-order valence-electron chi connectivity index (χ2n) is 6.86. The molecule has 1 aliphatic heterocycles. The van der Waals surface area contributed by atoms with E-state index in [0.717, 1.165) is 6.07 Å². The highest BCUT2D eigenvalue weighted by atomic mass is 19.4. The summed E-state index contributed by atoms with van der Waals surface area (Å²) in [7, 11) is 0. The first kappa shape index (κ1) is 20.0. The van der Waals surface area contributed by atoms with Crippen LogP contribution in [0.4, 0.5) is 23.4 Å². The molecule has 0 bridgehead atoms. The van der Waals surface area contributed by atoms with E-state index < -0.39 is 17.7 Å². The Kier molecular flexibility index (Phi) is 5.53. The van der Waals surface area contributed by atoms with Gasteiger partial charge < -0.3 is 10.2 Å². The minimum absolute atomic E-state index is 0.0571. The molecule has 0 unspecified atom stereocenters. The van der Waals surface area contributed by atoms with Gasteiger partial charge >= 0.3 is 6.18 Å². The molecule has 1 aromatic carbocycles. The van der Waals surface area contributed by atoms with E-state index in [4.69, 9.17) is 0 Å². The number of amides is 1. The minimum Gasteiger partial charge on any atom is -0.356 e. The molecule has 28 heavy (non-hydrogen) atoms. The molecule has 1 aliphatic rings. The third-order valence-electron chi connectivity index (χ3n) is 4.70. The lowest BCUT2D eigenvalue weighted by molar-refractivity contribution is -0.141. The van der Waals surface area contributed by atoms with Crippen LogP contribution < -0.4 is 10.2 Å². The second-order valence-corrected chi connectivity index (χ2v) is 6.86. The largest absolute Gasteiger partial charge is 0.433 e. The van der Waals surface area contributed by atoms with Crippen molar-refractivity contribution in [3.8, 4) is 0 Å². The Labute approximate surface area is 159 Å². The summed E-state index contributed by atoms with van der Waals surface area (Å²) >= 11 is 0. The van der Waals surface area contributed by atoms with Crippen molar-refractivity contribution >= 4 is 11.7 Å². The van der Waals surface area contributed by atoms with Gasteiger partial charge in [0.15, 0.2) is 0 Å². The quantitative estimate of drug-likeness (QED) is 0.805. The summed E-state index contributed by atoms with van der Waals surface area (Å²) in [6.07, 6.45) is -3.44. The van der Waals surface area contributed by atoms with Crippen LogP contribution in [-0.2, 0) is 6.18 Å². The number of alkyl halides is 3. The lowest BCUT2D eigenvalue weighted by atomic mass is 10.0. The average molecular weight is 396 g/mol. The van der Waals surface area contributed by atoms with Crippen molar-refractivity contribution in [1.82, 2.24) is 15.3 Å². The summed E-state index contributed by atoms with van der Waals surface area (Å²) in [5, 5.41) is 2.86. The first-order valence-corrected chi connectivity index (χ1v) is 8.88. The van der Waals surface area contributed by atoms with Crippen molar-refractivity contribution < 1.29 is 22.4 Å². The smallest absolute Gasteiger partial charge is 0.356 e. The molecule has 1 amide bonds. The summed E-state index contributed by atoms with van der Waals surface area (Å²) in [5.41, 5.74) is -0.262. The third kappa shape index (κ3) is 4.58. The van der Waals surface area contributed by atoms with Gasteiger partial charge in [-0.05, 0) is 44.4 Å².